The minimum Gasteiger partial charge on any atom is -0.491 e. The SMILES string of the molecule is CCN1CCC(O)(c2cccc(OC(C)C)c2)CC1. The summed E-state index contributed by atoms with van der Waals surface area (Å²) in [6, 6.07) is 7.92. The van der Waals surface area contributed by atoms with E-state index in [9.17, 15) is 5.11 Å². The molecule has 106 valence electrons. The second kappa shape index (κ2) is 5.93. The van der Waals surface area contributed by atoms with Gasteiger partial charge in [-0.2, -0.15) is 0 Å². The molecule has 0 atom stereocenters. The van der Waals surface area contributed by atoms with Crippen molar-refractivity contribution in [1.29, 1.82) is 0 Å². The number of hydrogen-bond donors (Lipinski definition) is 1. The van der Waals surface area contributed by atoms with E-state index < -0.39 is 5.60 Å². The molecular weight excluding hydrogens is 238 g/mol. The van der Waals surface area contributed by atoms with Crippen molar-refractivity contribution >= 4 is 0 Å². The van der Waals surface area contributed by atoms with Gasteiger partial charge in [0.2, 0.25) is 0 Å². The molecule has 1 heterocycles. The van der Waals surface area contributed by atoms with Crippen molar-refractivity contribution in [2.45, 2.75) is 45.3 Å². The molecule has 1 aliphatic rings. The van der Waals surface area contributed by atoms with Gasteiger partial charge in [-0.1, -0.05) is 19.1 Å². The predicted octanol–water partition coefficient (Wildman–Crippen LogP) is 2.78. The van der Waals surface area contributed by atoms with E-state index in [1.165, 1.54) is 0 Å². The second-order valence-electron chi connectivity index (χ2n) is 5.66. The predicted molar refractivity (Wildman–Crippen MR) is 77.5 cm³/mol. The Morgan fingerprint density at radius 1 is 1.32 bits per heavy atom. The molecule has 1 fully saturated rings. The molecule has 1 saturated heterocycles. The van der Waals surface area contributed by atoms with E-state index in [-0.39, 0.29) is 6.10 Å². The van der Waals surface area contributed by atoms with E-state index in [0.29, 0.717) is 0 Å². The Morgan fingerprint density at radius 2 is 2.00 bits per heavy atom. The molecule has 0 unspecified atom stereocenters. The number of nitrogens with zero attached hydrogens (tertiary/aromatic N) is 1. The summed E-state index contributed by atoms with van der Waals surface area (Å²) in [6.45, 7) is 9.18. The van der Waals surface area contributed by atoms with Crippen molar-refractivity contribution in [2.75, 3.05) is 19.6 Å². The Labute approximate surface area is 116 Å². The van der Waals surface area contributed by atoms with Crippen LogP contribution in [-0.2, 0) is 5.60 Å². The molecule has 1 aromatic rings. The van der Waals surface area contributed by atoms with Crippen molar-refractivity contribution in [3.05, 3.63) is 29.8 Å². The molecule has 0 bridgehead atoms. The van der Waals surface area contributed by atoms with Gasteiger partial charge in [0, 0.05) is 13.1 Å². The first-order valence-corrected chi connectivity index (χ1v) is 7.25. The van der Waals surface area contributed by atoms with E-state index >= 15 is 0 Å². The van der Waals surface area contributed by atoms with Gasteiger partial charge >= 0.3 is 0 Å². The Kier molecular flexibility index (Phi) is 4.48. The lowest BCUT2D eigenvalue weighted by atomic mass is 9.84. The van der Waals surface area contributed by atoms with Crippen LogP contribution in [0.25, 0.3) is 0 Å². The van der Waals surface area contributed by atoms with Crippen LogP contribution in [0.3, 0.4) is 0 Å². The van der Waals surface area contributed by atoms with Gasteiger partial charge in [-0.25, -0.2) is 0 Å². The summed E-state index contributed by atoms with van der Waals surface area (Å²) >= 11 is 0. The maximum atomic E-state index is 10.8. The fourth-order valence-electron chi connectivity index (χ4n) is 2.66. The van der Waals surface area contributed by atoms with Crippen LogP contribution >= 0.6 is 0 Å². The second-order valence-corrected chi connectivity index (χ2v) is 5.66. The molecule has 0 aliphatic carbocycles. The van der Waals surface area contributed by atoms with Crippen LogP contribution < -0.4 is 4.74 Å². The summed E-state index contributed by atoms with van der Waals surface area (Å²) in [5.41, 5.74) is 0.295. The van der Waals surface area contributed by atoms with Crippen molar-refractivity contribution in [3.63, 3.8) is 0 Å². The van der Waals surface area contributed by atoms with Gasteiger partial charge in [-0.05, 0) is 50.9 Å². The average Bonchev–Trinajstić information content (AvgIpc) is 2.39. The number of likely N-dealkylation sites (tertiary alicyclic amines) is 1. The first-order valence-electron chi connectivity index (χ1n) is 7.25. The number of hydrogen-bond acceptors (Lipinski definition) is 3. The number of aliphatic hydroxyl groups is 1. The Hall–Kier alpha value is -1.06. The highest BCUT2D eigenvalue weighted by Gasteiger charge is 2.33. The number of benzene rings is 1. The Morgan fingerprint density at radius 3 is 2.58 bits per heavy atom. The molecule has 0 saturated carbocycles. The molecule has 0 aromatic heterocycles. The number of ether oxygens (including phenoxy) is 1. The molecule has 1 N–H and O–H groups in total. The average molecular weight is 263 g/mol. The highest BCUT2D eigenvalue weighted by atomic mass is 16.5. The standard InChI is InChI=1S/C16H25NO2/c1-4-17-10-8-16(18,9-11-17)14-6-5-7-15(12-14)19-13(2)3/h5-7,12-13,18H,4,8-11H2,1-3H3. The van der Waals surface area contributed by atoms with Gasteiger partial charge in [-0.3, -0.25) is 0 Å². The fourth-order valence-corrected chi connectivity index (χ4v) is 2.66. The van der Waals surface area contributed by atoms with E-state index in [1.807, 2.05) is 38.1 Å². The van der Waals surface area contributed by atoms with Crippen molar-refractivity contribution in [3.8, 4) is 5.75 Å². The maximum Gasteiger partial charge on any atom is 0.120 e. The Balaban J connectivity index is 2.12. The topological polar surface area (TPSA) is 32.7 Å². The summed E-state index contributed by atoms with van der Waals surface area (Å²) in [6.07, 6.45) is 1.75. The van der Waals surface area contributed by atoms with Gasteiger partial charge in [0.25, 0.3) is 0 Å². The molecule has 2 rings (SSSR count). The fraction of sp³-hybridized carbons (Fsp3) is 0.625. The van der Waals surface area contributed by atoms with E-state index in [4.69, 9.17) is 4.74 Å². The first kappa shape index (κ1) is 14.4. The zero-order chi connectivity index (χ0) is 13.9. The van der Waals surface area contributed by atoms with E-state index in [1.54, 1.807) is 0 Å². The monoisotopic (exact) mass is 263 g/mol. The van der Waals surface area contributed by atoms with Crippen LogP contribution in [0.2, 0.25) is 0 Å². The molecule has 3 nitrogen and oxygen atoms in total. The molecular formula is C16H25NO2. The third kappa shape index (κ3) is 3.48. The third-order valence-corrected chi connectivity index (χ3v) is 3.87. The van der Waals surface area contributed by atoms with Gasteiger partial charge in [-0.15, -0.1) is 0 Å². The lowest BCUT2D eigenvalue weighted by molar-refractivity contribution is -0.0249. The minimum absolute atomic E-state index is 0.159. The molecule has 0 radical (unpaired) electrons. The lowest BCUT2D eigenvalue weighted by Gasteiger charge is -2.38. The van der Waals surface area contributed by atoms with Gasteiger partial charge < -0.3 is 14.7 Å². The van der Waals surface area contributed by atoms with Crippen LogP contribution in [0.5, 0.6) is 5.75 Å². The van der Waals surface area contributed by atoms with E-state index in [2.05, 4.69) is 11.8 Å². The quantitative estimate of drug-likeness (QED) is 0.906. The molecule has 1 aliphatic heterocycles. The van der Waals surface area contributed by atoms with Gasteiger partial charge in [0.05, 0.1) is 11.7 Å². The molecule has 19 heavy (non-hydrogen) atoms. The highest BCUT2D eigenvalue weighted by Crippen LogP contribution is 2.34. The molecule has 1 aromatic carbocycles. The summed E-state index contributed by atoms with van der Waals surface area (Å²) in [5.74, 6) is 0.846. The van der Waals surface area contributed by atoms with Crippen molar-refractivity contribution < 1.29 is 9.84 Å². The number of piperidine rings is 1. The zero-order valence-electron chi connectivity index (χ0n) is 12.2. The summed E-state index contributed by atoms with van der Waals surface area (Å²) in [5, 5.41) is 10.8. The number of rotatable bonds is 4. The lowest BCUT2D eigenvalue weighted by Crippen LogP contribution is -2.42. The van der Waals surface area contributed by atoms with Crippen LogP contribution in [0, 0.1) is 0 Å². The largest absolute Gasteiger partial charge is 0.491 e. The van der Waals surface area contributed by atoms with Crippen LogP contribution in [0.4, 0.5) is 0 Å². The zero-order valence-corrected chi connectivity index (χ0v) is 12.2. The van der Waals surface area contributed by atoms with Crippen molar-refractivity contribution in [2.24, 2.45) is 0 Å². The molecule has 0 amide bonds. The van der Waals surface area contributed by atoms with Crippen LogP contribution in [0.1, 0.15) is 39.2 Å². The molecule has 3 heteroatoms. The molecule has 0 spiro atoms. The normalized spacial score (nSPS) is 19.6. The smallest absolute Gasteiger partial charge is 0.120 e. The van der Waals surface area contributed by atoms with Gasteiger partial charge in [0.1, 0.15) is 5.75 Å². The van der Waals surface area contributed by atoms with Crippen LogP contribution in [0.15, 0.2) is 24.3 Å². The Bertz CT molecular complexity index is 409. The summed E-state index contributed by atoms with van der Waals surface area (Å²) < 4.78 is 5.71. The van der Waals surface area contributed by atoms with Gasteiger partial charge in [0.15, 0.2) is 0 Å². The third-order valence-electron chi connectivity index (χ3n) is 3.87. The van der Waals surface area contributed by atoms with E-state index in [0.717, 1.165) is 43.8 Å². The maximum absolute atomic E-state index is 10.8. The minimum atomic E-state index is -0.692. The summed E-state index contributed by atoms with van der Waals surface area (Å²) in [7, 11) is 0. The summed E-state index contributed by atoms with van der Waals surface area (Å²) in [4.78, 5) is 2.38. The highest BCUT2D eigenvalue weighted by molar-refractivity contribution is 5.33. The van der Waals surface area contributed by atoms with Crippen molar-refractivity contribution in [1.82, 2.24) is 4.90 Å². The first-order chi connectivity index (χ1) is 9.03. The van der Waals surface area contributed by atoms with Crippen LogP contribution in [-0.4, -0.2) is 35.7 Å².